The summed E-state index contributed by atoms with van der Waals surface area (Å²) in [4.78, 5) is 29.4. The minimum Gasteiger partial charge on any atom is -0.453 e. The van der Waals surface area contributed by atoms with Gasteiger partial charge >= 0.3 is 18.3 Å². The van der Waals surface area contributed by atoms with Crippen molar-refractivity contribution in [3.05, 3.63) is 54.6 Å². The average Bonchev–Trinajstić information content (AvgIpc) is 3.32. The molecule has 1 saturated heterocycles. The van der Waals surface area contributed by atoms with Crippen molar-refractivity contribution in [1.82, 2.24) is 20.1 Å². The summed E-state index contributed by atoms with van der Waals surface area (Å²) in [6.45, 7) is 0.193. The Morgan fingerprint density at radius 1 is 1.14 bits per heavy atom. The van der Waals surface area contributed by atoms with Gasteiger partial charge in [-0.1, -0.05) is 0 Å². The number of likely N-dealkylation sites (tertiary alicyclic amines) is 1. The average molecular weight is 518 g/mol. The highest BCUT2D eigenvalue weighted by molar-refractivity contribution is 5.90. The van der Waals surface area contributed by atoms with Crippen molar-refractivity contribution in [2.75, 3.05) is 30.8 Å². The molecule has 0 bridgehead atoms. The van der Waals surface area contributed by atoms with Gasteiger partial charge in [-0.15, -0.1) is 0 Å². The van der Waals surface area contributed by atoms with Crippen molar-refractivity contribution in [3.8, 4) is 22.4 Å². The lowest BCUT2D eigenvalue weighted by Gasteiger charge is -2.18. The number of amides is 3. The lowest BCUT2D eigenvalue weighted by molar-refractivity contribution is -0.143. The van der Waals surface area contributed by atoms with E-state index in [4.69, 9.17) is 0 Å². The molecule has 0 saturated carbocycles. The maximum absolute atomic E-state index is 14.7. The maximum Gasteiger partial charge on any atom is 0.412 e. The van der Waals surface area contributed by atoms with Gasteiger partial charge in [-0.2, -0.15) is 23.4 Å². The minimum atomic E-state index is -4.28. The molecule has 2 aromatic heterocycles. The summed E-state index contributed by atoms with van der Waals surface area (Å²) < 4.78 is 57.2. The summed E-state index contributed by atoms with van der Waals surface area (Å²) in [6.07, 6.45) is -2.73. The number of rotatable bonds is 5. The number of nitrogens with zero attached hydrogens (tertiary/aromatic N) is 4. The topological polar surface area (TPSA) is 109 Å². The fourth-order valence-electron chi connectivity index (χ4n) is 4.00. The van der Waals surface area contributed by atoms with Crippen LogP contribution in [0.15, 0.2) is 48.8 Å². The van der Waals surface area contributed by atoms with E-state index in [1.165, 1.54) is 36.5 Å². The largest absolute Gasteiger partial charge is 0.453 e. The van der Waals surface area contributed by atoms with E-state index in [1.54, 1.807) is 18.2 Å². The smallest absolute Gasteiger partial charge is 0.412 e. The summed E-state index contributed by atoms with van der Waals surface area (Å²) in [5.74, 6) is -1.03. The Morgan fingerprint density at radius 2 is 1.95 bits per heavy atom. The minimum absolute atomic E-state index is 0.00826. The van der Waals surface area contributed by atoms with Crippen molar-refractivity contribution in [3.63, 3.8) is 0 Å². The number of carbonyl (C=O) groups excluding carboxylic acids is 2. The number of benzene rings is 1. The molecule has 3 heterocycles. The number of hydrogen-bond donors (Lipinski definition) is 2. The Kier molecular flexibility index (Phi) is 7.50. The van der Waals surface area contributed by atoms with Crippen molar-refractivity contribution in [1.29, 1.82) is 0 Å². The first kappa shape index (κ1) is 25.8. The van der Waals surface area contributed by atoms with E-state index < -0.39 is 36.5 Å². The van der Waals surface area contributed by atoms with Gasteiger partial charge in [-0.05, 0) is 54.3 Å². The molecular formula is C24H22F4N6O3. The SMILES string of the molecule is COC(=O)Nc1cc(-c2cnnc(-c3cc(NC(=O)N4CCC(CC(F)(F)F)C4)ccc3F)c2)ccn1. The van der Waals surface area contributed by atoms with Crippen LogP contribution in [0.25, 0.3) is 22.4 Å². The van der Waals surface area contributed by atoms with Crippen LogP contribution in [-0.2, 0) is 4.74 Å². The van der Waals surface area contributed by atoms with Crippen molar-refractivity contribution in [2.45, 2.75) is 19.0 Å². The molecule has 13 heteroatoms. The molecule has 4 rings (SSSR count). The zero-order valence-electron chi connectivity index (χ0n) is 19.6. The summed E-state index contributed by atoms with van der Waals surface area (Å²) in [7, 11) is 1.22. The molecule has 2 N–H and O–H groups in total. The Balaban J connectivity index is 1.51. The summed E-state index contributed by atoms with van der Waals surface area (Å²) in [5.41, 5.74) is 1.66. The van der Waals surface area contributed by atoms with Crippen LogP contribution < -0.4 is 10.6 Å². The van der Waals surface area contributed by atoms with Crippen molar-refractivity contribution < 1.29 is 31.9 Å². The zero-order valence-corrected chi connectivity index (χ0v) is 19.6. The van der Waals surface area contributed by atoms with Crippen LogP contribution in [0.3, 0.4) is 0 Å². The van der Waals surface area contributed by atoms with Gasteiger partial charge in [0.25, 0.3) is 0 Å². The number of ether oxygens (including phenoxy) is 1. The Bertz CT molecular complexity index is 1300. The third-order valence-corrected chi connectivity index (χ3v) is 5.75. The van der Waals surface area contributed by atoms with Crippen LogP contribution in [0.4, 0.5) is 38.7 Å². The van der Waals surface area contributed by atoms with Gasteiger partial charge in [-0.3, -0.25) is 5.32 Å². The fraction of sp³-hybridized carbons (Fsp3) is 0.292. The Morgan fingerprint density at radius 3 is 2.70 bits per heavy atom. The number of carbonyl (C=O) groups is 2. The molecule has 3 amide bonds. The van der Waals surface area contributed by atoms with E-state index in [0.29, 0.717) is 11.1 Å². The second kappa shape index (κ2) is 10.8. The highest BCUT2D eigenvalue weighted by Crippen LogP contribution is 2.31. The van der Waals surface area contributed by atoms with E-state index >= 15 is 0 Å². The van der Waals surface area contributed by atoms with E-state index in [-0.39, 0.29) is 42.3 Å². The van der Waals surface area contributed by atoms with Crippen molar-refractivity contribution >= 4 is 23.6 Å². The summed E-state index contributed by atoms with van der Waals surface area (Å²) in [5, 5.41) is 13.0. The zero-order chi connectivity index (χ0) is 26.6. The third-order valence-electron chi connectivity index (χ3n) is 5.75. The van der Waals surface area contributed by atoms with Gasteiger partial charge < -0.3 is 15.0 Å². The van der Waals surface area contributed by atoms with Gasteiger partial charge in [-0.25, -0.2) is 19.0 Å². The molecule has 1 aliphatic heterocycles. The Hall–Kier alpha value is -4.29. The van der Waals surface area contributed by atoms with Crippen LogP contribution in [0.5, 0.6) is 0 Å². The number of alkyl halides is 3. The van der Waals surface area contributed by atoms with E-state index in [0.717, 1.165) is 6.07 Å². The van der Waals surface area contributed by atoms with E-state index in [1.807, 2.05) is 0 Å². The molecule has 1 aromatic carbocycles. The van der Waals surface area contributed by atoms with Gasteiger partial charge in [0.2, 0.25) is 0 Å². The van der Waals surface area contributed by atoms with Crippen LogP contribution in [0.1, 0.15) is 12.8 Å². The predicted molar refractivity (Wildman–Crippen MR) is 126 cm³/mol. The highest BCUT2D eigenvalue weighted by Gasteiger charge is 2.36. The maximum atomic E-state index is 14.7. The fourth-order valence-corrected chi connectivity index (χ4v) is 4.00. The van der Waals surface area contributed by atoms with Gasteiger partial charge in [0, 0.05) is 42.5 Å². The lowest BCUT2D eigenvalue weighted by atomic mass is 10.0. The molecule has 37 heavy (non-hydrogen) atoms. The number of urea groups is 1. The second-order valence-corrected chi connectivity index (χ2v) is 8.42. The number of methoxy groups -OCH3 is 1. The van der Waals surface area contributed by atoms with Crippen LogP contribution in [-0.4, -0.2) is 58.6 Å². The van der Waals surface area contributed by atoms with Gasteiger partial charge in [0.1, 0.15) is 11.6 Å². The molecule has 3 aromatic rings. The molecule has 1 unspecified atom stereocenters. The normalized spacial score (nSPS) is 15.4. The van der Waals surface area contributed by atoms with E-state index in [2.05, 4.69) is 30.6 Å². The monoisotopic (exact) mass is 518 g/mol. The van der Waals surface area contributed by atoms with Gasteiger partial charge in [0.15, 0.2) is 0 Å². The number of aromatic nitrogens is 3. The first-order chi connectivity index (χ1) is 17.6. The second-order valence-electron chi connectivity index (χ2n) is 8.42. The number of hydrogen-bond acceptors (Lipinski definition) is 6. The summed E-state index contributed by atoms with van der Waals surface area (Å²) >= 11 is 0. The van der Waals surface area contributed by atoms with Gasteiger partial charge in [0.05, 0.1) is 19.0 Å². The van der Waals surface area contributed by atoms with Crippen molar-refractivity contribution in [2.24, 2.45) is 5.92 Å². The number of halogens is 4. The molecule has 0 spiro atoms. The van der Waals surface area contributed by atoms with Crippen LogP contribution in [0, 0.1) is 11.7 Å². The predicted octanol–water partition coefficient (Wildman–Crippen LogP) is 5.33. The standard InChI is InChI=1S/C24H22F4N6O3/c1-37-23(36)32-21-9-15(4-6-29-21)16-8-20(33-30-12-16)18-10-17(2-3-19(18)25)31-22(35)34-7-5-14(13-34)11-24(26,27)28/h2-4,6,8-10,12,14H,5,7,11,13H2,1H3,(H,31,35)(H,29,32,36). The first-order valence-electron chi connectivity index (χ1n) is 11.2. The number of anilines is 2. The molecule has 0 radical (unpaired) electrons. The number of nitrogens with one attached hydrogen (secondary N) is 2. The number of pyridine rings is 1. The first-order valence-corrected chi connectivity index (χ1v) is 11.2. The third kappa shape index (κ3) is 6.68. The van der Waals surface area contributed by atoms with Crippen LogP contribution in [0.2, 0.25) is 0 Å². The highest BCUT2D eigenvalue weighted by atomic mass is 19.4. The van der Waals surface area contributed by atoms with Crippen LogP contribution >= 0.6 is 0 Å². The molecule has 9 nitrogen and oxygen atoms in total. The lowest BCUT2D eigenvalue weighted by Crippen LogP contribution is -2.33. The molecule has 0 aliphatic carbocycles. The quantitative estimate of drug-likeness (QED) is 0.442. The molecule has 1 atom stereocenters. The molecule has 1 fully saturated rings. The Labute approximate surface area is 208 Å². The molecule has 1 aliphatic rings. The molecule has 194 valence electrons. The molecular weight excluding hydrogens is 496 g/mol. The van der Waals surface area contributed by atoms with E-state index in [9.17, 15) is 27.2 Å². The summed E-state index contributed by atoms with van der Waals surface area (Å²) in [6, 6.07) is 8.14.